The maximum atomic E-state index is 12.7. The number of hydrogen-bond acceptors (Lipinski definition) is 4. The lowest BCUT2D eigenvalue weighted by molar-refractivity contribution is -0.122. The summed E-state index contributed by atoms with van der Waals surface area (Å²) in [6.07, 6.45) is 0.0782. The molecule has 1 saturated heterocycles. The van der Waals surface area contributed by atoms with Crippen molar-refractivity contribution < 1.29 is 9.53 Å². The van der Waals surface area contributed by atoms with Gasteiger partial charge in [-0.05, 0) is 60.8 Å². The number of carbonyl (C=O) groups is 1. The zero-order valence-corrected chi connectivity index (χ0v) is 18.9. The molecule has 0 saturated carbocycles. The third kappa shape index (κ3) is 5.76. The summed E-state index contributed by atoms with van der Waals surface area (Å²) in [5.41, 5.74) is 3.33. The molecule has 1 fully saturated rings. The van der Waals surface area contributed by atoms with Crippen molar-refractivity contribution in [1.29, 1.82) is 0 Å². The van der Waals surface area contributed by atoms with E-state index < -0.39 is 6.10 Å². The van der Waals surface area contributed by atoms with Crippen molar-refractivity contribution in [3.63, 3.8) is 0 Å². The van der Waals surface area contributed by atoms with Crippen LogP contribution in [0.15, 0.2) is 48.5 Å². The van der Waals surface area contributed by atoms with E-state index in [1.54, 1.807) is 0 Å². The van der Waals surface area contributed by atoms with Gasteiger partial charge in [-0.15, -0.1) is 0 Å². The molecule has 5 nitrogen and oxygen atoms in total. The van der Waals surface area contributed by atoms with Gasteiger partial charge in [-0.3, -0.25) is 4.79 Å². The second-order valence-corrected chi connectivity index (χ2v) is 9.12. The van der Waals surface area contributed by atoms with E-state index in [4.69, 9.17) is 4.74 Å². The SMILES string of the molecule is CC[C@H](Oc1ccc(C(C)(C)C)cc1)C(=O)Nc1ccc(N2CCN(C)CC2)cc1. The number of amides is 1. The minimum atomic E-state index is -0.525. The van der Waals surface area contributed by atoms with Crippen LogP contribution in [0.3, 0.4) is 0 Å². The lowest BCUT2D eigenvalue weighted by Crippen LogP contribution is -2.44. The van der Waals surface area contributed by atoms with E-state index in [0.29, 0.717) is 6.42 Å². The number of hydrogen-bond donors (Lipinski definition) is 1. The molecule has 2 aromatic rings. The molecule has 3 rings (SSSR count). The number of benzene rings is 2. The molecule has 1 N–H and O–H groups in total. The number of ether oxygens (including phenoxy) is 1. The van der Waals surface area contributed by atoms with Gasteiger partial charge in [0.1, 0.15) is 5.75 Å². The van der Waals surface area contributed by atoms with Crippen LogP contribution in [-0.4, -0.2) is 50.1 Å². The van der Waals surface area contributed by atoms with Gasteiger partial charge in [0.05, 0.1) is 0 Å². The molecule has 0 unspecified atom stereocenters. The monoisotopic (exact) mass is 409 g/mol. The molecule has 0 aliphatic carbocycles. The maximum absolute atomic E-state index is 12.7. The van der Waals surface area contributed by atoms with Crippen molar-refractivity contribution in [2.45, 2.75) is 45.6 Å². The number of nitrogens with zero attached hydrogens (tertiary/aromatic N) is 2. The average Bonchev–Trinajstić information content (AvgIpc) is 2.73. The van der Waals surface area contributed by atoms with Crippen LogP contribution in [0, 0.1) is 0 Å². The van der Waals surface area contributed by atoms with Crippen LogP contribution in [-0.2, 0) is 10.2 Å². The highest BCUT2D eigenvalue weighted by molar-refractivity contribution is 5.94. The van der Waals surface area contributed by atoms with Gasteiger partial charge >= 0.3 is 0 Å². The summed E-state index contributed by atoms with van der Waals surface area (Å²) in [6.45, 7) is 12.7. The Labute approximate surface area is 181 Å². The normalized spacial score (nSPS) is 16.2. The summed E-state index contributed by atoms with van der Waals surface area (Å²) in [5.74, 6) is 0.597. The van der Waals surface area contributed by atoms with Crippen molar-refractivity contribution in [2.24, 2.45) is 0 Å². The lowest BCUT2D eigenvalue weighted by atomic mass is 9.87. The first-order chi connectivity index (χ1) is 14.3. The maximum Gasteiger partial charge on any atom is 0.265 e. The van der Waals surface area contributed by atoms with Crippen molar-refractivity contribution in [2.75, 3.05) is 43.4 Å². The summed E-state index contributed by atoms with van der Waals surface area (Å²) < 4.78 is 5.97. The summed E-state index contributed by atoms with van der Waals surface area (Å²) in [4.78, 5) is 17.5. The molecular weight excluding hydrogens is 374 g/mol. The Morgan fingerprint density at radius 3 is 2.13 bits per heavy atom. The summed E-state index contributed by atoms with van der Waals surface area (Å²) in [6, 6.07) is 16.1. The van der Waals surface area contributed by atoms with Gasteiger partial charge < -0.3 is 19.9 Å². The van der Waals surface area contributed by atoms with Crippen LogP contribution in [0.25, 0.3) is 0 Å². The molecule has 0 bridgehead atoms. The van der Waals surface area contributed by atoms with Gasteiger partial charge in [-0.2, -0.15) is 0 Å². The Morgan fingerprint density at radius 2 is 1.60 bits per heavy atom. The summed E-state index contributed by atoms with van der Waals surface area (Å²) >= 11 is 0. The molecule has 2 aromatic carbocycles. The third-order valence-electron chi connectivity index (χ3n) is 5.67. The Bertz CT molecular complexity index is 817. The van der Waals surface area contributed by atoms with Crippen LogP contribution in [0.4, 0.5) is 11.4 Å². The van der Waals surface area contributed by atoms with Crippen LogP contribution < -0.4 is 15.0 Å². The minimum Gasteiger partial charge on any atom is -0.481 e. The topological polar surface area (TPSA) is 44.8 Å². The highest BCUT2D eigenvalue weighted by Crippen LogP contribution is 2.25. The van der Waals surface area contributed by atoms with Gasteiger partial charge in [0.15, 0.2) is 6.10 Å². The van der Waals surface area contributed by atoms with Crippen molar-refractivity contribution in [3.05, 3.63) is 54.1 Å². The fourth-order valence-electron chi connectivity index (χ4n) is 3.56. The highest BCUT2D eigenvalue weighted by atomic mass is 16.5. The van der Waals surface area contributed by atoms with Crippen molar-refractivity contribution in [1.82, 2.24) is 4.90 Å². The molecule has 30 heavy (non-hydrogen) atoms. The smallest absolute Gasteiger partial charge is 0.265 e. The number of carbonyl (C=O) groups excluding carboxylic acids is 1. The molecule has 162 valence electrons. The molecule has 0 aromatic heterocycles. The molecular formula is C25H35N3O2. The number of anilines is 2. The Balaban J connectivity index is 1.58. The van der Waals surface area contributed by atoms with Crippen LogP contribution >= 0.6 is 0 Å². The fourth-order valence-corrected chi connectivity index (χ4v) is 3.56. The standard InChI is InChI=1S/C25H35N3O2/c1-6-23(30-22-13-7-19(8-14-22)25(2,3)4)24(29)26-20-9-11-21(12-10-20)28-17-15-27(5)16-18-28/h7-14,23H,6,15-18H2,1-5H3,(H,26,29)/t23-/m0/s1. The van der Waals surface area contributed by atoms with E-state index >= 15 is 0 Å². The summed E-state index contributed by atoms with van der Waals surface area (Å²) in [5, 5.41) is 3.00. The fraction of sp³-hybridized carbons (Fsp3) is 0.480. The predicted molar refractivity (Wildman–Crippen MR) is 125 cm³/mol. The number of nitrogens with one attached hydrogen (secondary N) is 1. The first kappa shape index (κ1) is 22.2. The molecule has 1 atom stereocenters. The third-order valence-corrected chi connectivity index (χ3v) is 5.67. The highest BCUT2D eigenvalue weighted by Gasteiger charge is 2.20. The number of likely N-dealkylation sites (N-methyl/N-ethyl adjacent to an activating group) is 1. The lowest BCUT2D eigenvalue weighted by Gasteiger charge is -2.34. The Hall–Kier alpha value is -2.53. The number of piperazine rings is 1. The molecule has 5 heteroatoms. The molecule has 1 aliphatic rings. The molecule has 0 radical (unpaired) electrons. The van der Waals surface area contributed by atoms with Crippen molar-refractivity contribution >= 4 is 17.3 Å². The average molecular weight is 410 g/mol. The van der Waals surface area contributed by atoms with E-state index in [1.807, 2.05) is 31.2 Å². The first-order valence-electron chi connectivity index (χ1n) is 10.9. The van der Waals surface area contributed by atoms with Gasteiger partial charge in [-0.1, -0.05) is 39.8 Å². The van der Waals surface area contributed by atoms with E-state index in [9.17, 15) is 4.79 Å². The molecule has 0 spiro atoms. The largest absolute Gasteiger partial charge is 0.481 e. The predicted octanol–water partition coefficient (Wildman–Crippen LogP) is 4.53. The van der Waals surface area contributed by atoms with Gasteiger partial charge in [0, 0.05) is 37.6 Å². The Morgan fingerprint density at radius 1 is 1.00 bits per heavy atom. The van der Waals surface area contributed by atoms with E-state index in [1.165, 1.54) is 11.3 Å². The van der Waals surface area contributed by atoms with Crippen molar-refractivity contribution in [3.8, 4) is 5.75 Å². The van der Waals surface area contributed by atoms with E-state index in [0.717, 1.165) is 37.6 Å². The van der Waals surface area contributed by atoms with E-state index in [-0.39, 0.29) is 11.3 Å². The van der Waals surface area contributed by atoms with Gasteiger partial charge in [-0.25, -0.2) is 0 Å². The first-order valence-corrected chi connectivity index (χ1v) is 10.9. The van der Waals surface area contributed by atoms with Crippen LogP contribution in [0.5, 0.6) is 5.75 Å². The molecule has 1 heterocycles. The van der Waals surface area contributed by atoms with Crippen LogP contribution in [0.2, 0.25) is 0 Å². The number of rotatable bonds is 6. The minimum absolute atomic E-state index is 0.0936. The Kier molecular flexibility index (Phi) is 7.03. The zero-order chi connectivity index (χ0) is 21.7. The second-order valence-electron chi connectivity index (χ2n) is 9.12. The zero-order valence-electron chi connectivity index (χ0n) is 18.9. The van der Waals surface area contributed by atoms with Gasteiger partial charge in [0.25, 0.3) is 5.91 Å². The van der Waals surface area contributed by atoms with Crippen LogP contribution in [0.1, 0.15) is 39.7 Å². The molecule has 1 amide bonds. The second kappa shape index (κ2) is 9.52. The van der Waals surface area contributed by atoms with Gasteiger partial charge in [0.2, 0.25) is 0 Å². The molecule has 1 aliphatic heterocycles. The van der Waals surface area contributed by atoms with E-state index in [2.05, 4.69) is 67.2 Å². The summed E-state index contributed by atoms with van der Waals surface area (Å²) in [7, 11) is 2.15. The quantitative estimate of drug-likeness (QED) is 0.761.